The minimum Gasteiger partial charge on any atom is -0.322 e. The Hall–Kier alpha value is -4.86. The van der Waals surface area contributed by atoms with E-state index in [1.54, 1.807) is 12.1 Å². The molecule has 5 aromatic rings. The van der Waals surface area contributed by atoms with Crippen molar-refractivity contribution in [3.63, 3.8) is 0 Å². The van der Waals surface area contributed by atoms with Crippen LogP contribution in [0.1, 0.15) is 97.8 Å². The first-order chi connectivity index (χ1) is 29.3. The lowest BCUT2D eigenvalue weighted by molar-refractivity contribution is -0.138. The summed E-state index contributed by atoms with van der Waals surface area (Å²) in [6.45, 7) is 0. The fourth-order valence-corrected chi connectivity index (χ4v) is 8.85. The van der Waals surface area contributed by atoms with Gasteiger partial charge in [0, 0.05) is 18.1 Å². The number of aromatic nitrogens is 2. The van der Waals surface area contributed by atoms with Crippen molar-refractivity contribution < 1.29 is 44.3 Å². The normalized spacial score (nSPS) is 17.2. The number of urea groups is 1. The first kappa shape index (κ1) is 46.6. The lowest BCUT2D eigenvalue weighted by atomic mass is 9.68. The molecule has 62 heavy (non-hydrogen) atoms. The maximum atomic E-state index is 14.7. The van der Waals surface area contributed by atoms with E-state index < -0.39 is 64.0 Å². The maximum Gasteiger partial charge on any atom is 0.416 e. The van der Waals surface area contributed by atoms with Crippen molar-refractivity contribution in [2.45, 2.75) is 87.6 Å². The van der Waals surface area contributed by atoms with Crippen LogP contribution in [0.3, 0.4) is 0 Å². The highest BCUT2D eigenvalue weighted by Gasteiger charge is 2.47. The highest BCUT2D eigenvalue weighted by molar-refractivity contribution is 6.30. The summed E-state index contributed by atoms with van der Waals surface area (Å²) < 4.78 is 123. The van der Waals surface area contributed by atoms with Gasteiger partial charge in [0.05, 0.1) is 38.1 Å². The molecule has 2 aliphatic carbocycles. The second-order valence-corrected chi connectivity index (χ2v) is 16.5. The third-order valence-corrected chi connectivity index (χ3v) is 12.0. The highest BCUT2D eigenvalue weighted by atomic mass is 35.5. The molecule has 2 fully saturated rings. The van der Waals surface area contributed by atoms with Gasteiger partial charge in [-0.3, -0.25) is 9.97 Å². The van der Waals surface area contributed by atoms with E-state index in [1.165, 1.54) is 42.7 Å². The van der Waals surface area contributed by atoms with Gasteiger partial charge in [-0.05, 0) is 128 Å². The topological polar surface area (TPSA) is 92.9 Å². The fourth-order valence-electron chi connectivity index (χ4n) is 8.63. The van der Waals surface area contributed by atoms with Crippen molar-refractivity contribution in [1.82, 2.24) is 15.3 Å². The Morgan fingerprint density at radius 3 is 1.56 bits per heavy atom. The molecule has 330 valence electrons. The zero-order chi connectivity index (χ0) is 44.9. The van der Waals surface area contributed by atoms with E-state index in [0.29, 0.717) is 35.7 Å². The Bertz CT molecular complexity index is 2320. The van der Waals surface area contributed by atoms with Crippen LogP contribution in [-0.4, -0.2) is 16.0 Å². The van der Waals surface area contributed by atoms with E-state index in [-0.39, 0.29) is 33.4 Å². The number of amides is 2. The van der Waals surface area contributed by atoms with Crippen molar-refractivity contribution in [3.05, 3.63) is 158 Å². The van der Waals surface area contributed by atoms with Gasteiger partial charge in [0.25, 0.3) is 0 Å². The summed E-state index contributed by atoms with van der Waals surface area (Å²) in [5, 5.41) is 6.03. The number of nitrogens with one attached hydrogen (secondary N) is 2. The van der Waals surface area contributed by atoms with Gasteiger partial charge in [0.2, 0.25) is 0 Å². The van der Waals surface area contributed by atoms with Crippen LogP contribution < -0.4 is 16.4 Å². The van der Waals surface area contributed by atoms with E-state index >= 15 is 0 Å². The Morgan fingerprint density at radius 1 is 0.581 bits per heavy atom. The third kappa shape index (κ3) is 10.8. The third-order valence-electron chi connectivity index (χ3n) is 11.5. The molecule has 1 unspecified atom stereocenters. The molecule has 17 heteroatoms. The molecule has 3 aromatic carbocycles. The van der Waals surface area contributed by atoms with Crippen molar-refractivity contribution in [3.8, 4) is 0 Å². The van der Waals surface area contributed by atoms with Gasteiger partial charge in [0.1, 0.15) is 23.0 Å². The molecule has 0 radical (unpaired) electrons. The molecule has 0 aliphatic heterocycles. The van der Waals surface area contributed by atoms with Crippen LogP contribution in [-0.2, 0) is 23.4 Å². The monoisotopic (exact) mass is 909 g/mol. The zero-order valence-electron chi connectivity index (χ0n) is 33.0. The smallest absolute Gasteiger partial charge is 0.322 e. The van der Waals surface area contributed by atoms with Crippen LogP contribution in [0.2, 0.25) is 10.0 Å². The number of rotatable bonds is 8. The number of anilines is 1. The second-order valence-electron chi connectivity index (χ2n) is 15.6. The number of hydrogen-bond acceptors (Lipinski definition) is 4. The molecule has 7 rings (SSSR count). The molecule has 2 atom stereocenters. The van der Waals surface area contributed by atoms with Gasteiger partial charge in [-0.2, -0.15) is 26.3 Å². The molecular formula is C45H42Cl2F9N5O. The van der Waals surface area contributed by atoms with Crippen molar-refractivity contribution in [2.75, 3.05) is 5.32 Å². The van der Waals surface area contributed by atoms with Gasteiger partial charge in [-0.25, -0.2) is 18.0 Å². The summed E-state index contributed by atoms with van der Waals surface area (Å²) in [5.41, 5.74) is 2.29. The molecular weight excluding hydrogens is 868 g/mol. The van der Waals surface area contributed by atoms with Gasteiger partial charge in [0.15, 0.2) is 0 Å². The SMILES string of the molecule is NC(c1cc(F)cc(C(F)(F)F)c1)(c1ccc(Cl)cn1)C1CCCCC1.O=C(Nc1cccc(F)c1)N[C@](c1cc(F)cc(C(F)(F)F)c1)(c1ccc(Cl)cn1)C1CCCCC1. The summed E-state index contributed by atoms with van der Waals surface area (Å²) >= 11 is 11.9. The minimum absolute atomic E-state index is 0.0894. The molecule has 0 saturated heterocycles. The molecule has 0 spiro atoms. The molecule has 2 heterocycles. The maximum absolute atomic E-state index is 14.7. The van der Waals surface area contributed by atoms with E-state index in [4.69, 9.17) is 28.9 Å². The van der Waals surface area contributed by atoms with Gasteiger partial charge in [-0.15, -0.1) is 0 Å². The van der Waals surface area contributed by atoms with Crippen molar-refractivity contribution in [2.24, 2.45) is 17.6 Å². The number of pyridine rings is 2. The molecule has 4 N–H and O–H groups in total. The van der Waals surface area contributed by atoms with Gasteiger partial charge >= 0.3 is 18.4 Å². The van der Waals surface area contributed by atoms with Crippen LogP contribution in [0.5, 0.6) is 0 Å². The number of carbonyl (C=O) groups excluding carboxylic acids is 1. The molecule has 6 nitrogen and oxygen atoms in total. The average Bonchev–Trinajstić information content (AvgIpc) is 3.23. The van der Waals surface area contributed by atoms with Crippen molar-refractivity contribution in [1.29, 1.82) is 0 Å². The number of benzene rings is 3. The van der Waals surface area contributed by atoms with Crippen LogP contribution in [0.15, 0.2) is 97.3 Å². The summed E-state index contributed by atoms with van der Waals surface area (Å²) in [6, 6.07) is 15.4. The van der Waals surface area contributed by atoms with E-state index in [1.807, 2.05) is 0 Å². The average molecular weight is 911 g/mol. The Balaban J connectivity index is 0.000000218. The number of alkyl halides is 6. The molecule has 2 aromatic heterocycles. The Morgan fingerprint density at radius 2 is 1.06 bits per heavy atom. The predicted molar refractivity (Wildman–Crippen MR) is 219 cm³/mol. The summed E-state index contributed by atoms with van der Waals surface area (Å²) in [4.78, 5) is 21.9. The molecule has 2 amide bonds. The number of halogens is 11. The molecule has 0 bridgehead atoms. The lowest BCUT2D eigenvalue weighted by Crippen LogP contribution is -2.54. The number of carbonyl (C=O) groups is 1. The highest BCUT2D eigenvalue weighted by Crippen LogP contribution is 2.46. The number of nitrogens with zero attached hydrogens (tertiary/aromatic N) is 2. The number of nitrogens with two attached hydrogens (primary N) is 1. The Labute approximate surface area is 362 Å². The van der Waals surface area contributed by atoms with E-state index in [2.05, 4.69) is 20.6 Å². The summed E-state index contributed by atoms with van der Waals surface area (Å²) in [6.07, 6.45) is 1.26. The van der Waals surface area contributed by atoms with Crippen molar-refractivity contribution >= 4 is 34.9 Å². The van der Waals surface area contributed by atoms with Crippen LogP contribution >= 0.6 is 23.2 Å². The lowest BCUT2D eigenvalue weighted by Gasteiger charge is -2.43. The van der Waals surface area contributed by atoms with Crippen LogP contribution in [0.25, 0.3) is 0 Å². The first-order valence-electron chi connectivity index (χ1n) is 19.9. The number of hydrogen-bond donors (Lipinski definition) is 3. The van der Waals surface area contributed by atoms with Gasteiger partial charge < -0.3 is 16.4 Å². The molecule has 2 saturated carbocycles. The molecule has 2 aliphatic rings. The zero-order valence-corrected chi connectivity index (χ0v) is 34.5. The summed E-state index contributed by atoms with van der Waals surface area (Å²) in [7, 11) is 0. The fraction of sp³-hybridized carbons (Fsp3) is 0.356. The quantitative estimate of drug-likeness (QED) is 0.135. The van der Waals surface area contributed by atoms with E-state index in [0.717, 1.165) is 81.7 Å². The second kappa shape index (κ2) is 19.3. The van der Waals surface area contributed by atoms with E-state index in [9.17, 15) is 44.3 Å². The Kier molecular flexibility index (Phi) is 14.5. The van der Waals surface area contributed by atoms with Gasteiger partial charge in [-0.1, -0.05) is 67.8 Å². The largest absolute Gasteiger partial charge is 0.416 e. The van der Waals surface area contributed by atoms with Crippen LogP contribution in [0.4, 0.5) is 50.0 Å². The minimum atomic E-state index is -4.81. The predicted octanol–water partition coefficient (Wildman–Crippen LogP) is 13.4. The first-order valence-corrected chi connectivity index (χ1v) is 20.7. The van der Waals surface area contributed by atoms with Crippen LogP contribution in [0, 0.1) is 29.3 Å². The standard InChI is InChI=1S/C26H23ClF5N3O.C19H19ClF4N2/c27-19-9-10-23(33-15-19)25(16-5-2-1-3-6-16,17-11-18(26(30,31)32)13-21(29)12-17)35-24(36)34-22-8-4-7-20(28)14-22;20-15-6-7-17(26-11-15)18(25,12-4-2-1-3-5-12)13-8-14(19(22,23)24)10-16(21)9-13/h4,7-16H,1-3,5-6H2,(H2,34,35,36);6-12H,1-5,25H2/t25-;/m1./s1. The summed E-state index contributed by atoms with van der Waals surface area (Å²) in [5.74, 6) is -3.17.